The first kappa shape index (κ1) is 17.9. The lowest BCUT2D eigenvalue weighted by atomic mass is 10.1. The van der Waals surface area contributed by atoms with Gasteiger partial charge in [0.25, 0.3) is 5.91 Å². The molecule has 0 saturated heterocycles. The van der Waals surface area contributed by atoms with Gasteiger partial charge in [-0.3, -0.25) is 4.79 Å². The highest BCUT2D eigenvalue weighted by Gasteiger charge is 2.10. The number of nitrogens with zero attached hydrogens (tertiary/aromatic N) is 1. The maximum absolute atomic E-state index is 12.3. The number of hydrogen-bond donors (Lipinski definition) is 1. The lowest BCUT2D eigenvalue weighted by Crippen LogP contribution is -2.17. The molecule has 0 spiro atoms. The van der Waals surface area contributed by atoms with E-state index in [0.29, 0.717) is 17.1 Å². The number of carbonyl (C=O) groups is 1. The molecule has 0 saturated carbocycles. The van der Waals surface area contributed by atoms with Crippen molar-refractivity contribution < 1.29 is 14.3 Å². The van der Waals surface area contributed by atoms with E-state index < -0.39 is 0 Å². The average Bonchev–Trinajstić information content (AvgIpc) is 2.67. The number of hydrogen-bond acceptors (Lipinski definition) is 4. The Morgan fingerprint density at radius 2 is 1.81 bits per heavy atom. The molecule has 3 aromatic rings. The van der Waals surface area contributed by atoms with E-state index in [-0.39, 0.29) is 5.91 Å². The van der Waals surface area contributed by atoms with E-state index in [1.165, 1.54) is 0 Å². The summed E-state index contributed by atoms with van der Waals surface area (Å²) in [5, 5.41) is 6.12. The fraction of sp³-hybridized carbons (Fsp3) is 0.100. The molecule has 0 aliphatic rings. The first-order chi connectivity index (χ1) is 12.6. The SMILES string of the molecule is COc1cc(/C=N\NC(=O)c2ccc3ccccc3c2)cc(Br)c1OC. The van der Waals surface area contributed by atoms with Crippen LogP contribution in [0, 0.1) is 0 Å². The van der Waals surface area contributed by atoms with Crippen LogP contribution in [0.15, 0.2) is 64.2 Å². The van der Waals surface area contributed by atoms with E-state index in [1.54, 1.807) is 32.6 Å². The van der Waals surface area contributed by atoms with Crippen molar-refractivity contribution in [3.05, 3.63) is 70.2 Å². The Hall–Kier alpha value is -2.86. The fourth-order valence-corrected chi connectivity index (χ4v) is 3.19. The maximum atomic E-state index is 12.3. The van der Waals surface area contributed by atoms with Gasteiger partial charge < -0.3 is 9.47 Å². The number of benzene rings is 3. The number of hydrazone groups is 1. The van der Waals surface area contributed by atoms with Gasteiger partial charge >= 0.3 is 0 Å². The molecule has 0 aliphatic carbocycles. The summed E-state index contributed by atoms with van der Waals surface area (Å²) in [5.74, 6) is 0.903. The molecule has 0 bridgehead atoms. The highest BCUT2D eigenvalue weighted by atomic mass is 79.9. The minimum absolute atomic E-state index is 0.272. The van der Waals surface area contributed by atoms with Gasteiger partial charge in [-0.2, -0.15) is 5.10 Å². The Labute approximate surface area is 159 Å². The van der Waals surface area contributed by atoms with Crippen molar-refractivity contribution >= 4 is 38.8 Å². The van der Waals surface area contributed by atoms with Crippen molar-refractivity contribution in [3.8, 4) is 11.5 Å². The van der Waals surface area contributed by atoms with Crippen LogP contribution in [0.3, 0.4) is 0 Å². The normalized spacial score (nSPS) is 10.9. The number of nitrogens with one attached hydrogen (secondary N) is 1. The van der Waals surface area contributed by atoms with Crippen LogP contribution < -0.4 is 14.9 Å². The molecule has 1 amide bonds. The highest BCUT2D eigenvalue weighted by molar-refractivity contribution is 9.10. The third-order valence-corrected chi connectivity index (χ3v) is 4.44. The molecular formula is C20H17BrN2O3. The molecule has 5 nitrogen and oxygen atoms in total. The van der Waals surface area contributed by atoms with Crippen LogP contribution in [0.2, 0.25) is 0 Å². The molecule has 0 heterocycles. The molecule has 0 radical (unpaired) electrons. The van der Waals surface area contributed by atoms with Crippen molar-refractivity contribution in [1.29, 1.82) is 0 Å². The summed E-state index contributed by atoms with van der Waals surface area (Å²) in [6, 6.07) is 17.0. The van der Waals surface area contributed by atoms with Gasteiger partial charge in [-0.05, 0) is 56.5 Å². The zero-order chi connectivity index (χ0) is 18.5. The molecular weight excluding hydrogens is 396 g/mol. The summed E-state index contributed by atoms with van der Waals surface area (Å²) < 4.78 is 11.3. The lowest BCUT2D eigenvalue weighted by Gasteiger charge is -2.10. The van der Waals surface area contributed by atoms with E-state index in [4.69, 9.17) is 9.47 Å². The van der Waals surface area contributed by atoms with Crippen LogP contribution in [0.25, 0.3) is 10.8 Å². The Balaban J connectivity index is 1.75. The van der Waals surface area contributed by atoms with Crippen LogP contribution in [-0.4, -0.2) is 26.3 Å². The van der Waals surface area contributed by atoms with Crippen molar-refractivity contribution in [1.82, 2.24) is 5.43 Å². The summed E-state index contributed by atoms with van der Waals surface area (Å²) in [6.45, 7) is 0. The average molecular weight is 413 g/mol. The number of rotatable bonds is 5. The largest absolute Gasteiger partial charge is 0.493 e. The van der Waals surface area contributed by atoms with Crippen LogP contribution in [-0.2, 0) is 0 Å². The Morgan fingerprint density at radius 3 is 2.54 bits per heavy atom. The van der Waals surface area contributed by atoms with Gasteiger partial charge in [0.2, 0.25) is 0 Å². The fourth-order valence-electron chi connectivity index (χ4n) is 2.57. The maximum Gasteiger partial charge on any atom is 0.271 e. The second-order valence-electron chi connectivity index (χ2n) is 5.50. The van der Waals surface area contributed by atoms with Gasteiger partial charge in [0, 0.05) is 5.56 Å². The molecule has 0 fully saturated rings. The molecule has 0 atom stereocenters. The first-order valence-electron chi connectivity index (χ1n) is 7.86. The van der Waals surface area contributed by atoms with E-state index in [0.717, 1.165) is 20.8 Å². The van der Waals surface area contributed by atoms with Crippen molar-refractivity contribution in [3.63, 3.8) is 0 Å². The minimum atomic E-state index is -0.272. The predicted octanol–water partition coefficient (Wildman–Crippen LogP) is 4.38. The number of amides is 1. The number of halogens is 1. The molecule has 0 unspecified atom stereocenters. The zero-order valence-corrected chi connectivity index (χ0v) is 15.9. The summed E-state index contributed by atoms with van der Waals surface area (Å²) in [7, 11) is 3.13. The molecule has 3 aromatic carbocycles. The quantitative estimate of drug-likeness (QED) is 0.499. The van der Waals surface area contributed by atoms with Crippen LogP contribution >= 0.6 is 15.9 Å². The van der Waals surface area contributed by atoms with Gasteiger partial charge in [-0.25, -0.2) is 5.43 Å². The Morgan fingerprint density at radius 1 is 1.04 bits per heavy atom. The van der Waals surface area contributed by atoms with Gasteiger partial charge in [0.15, 0.2) is 11.5 Å². The third kappa shape index (κ3) is 3.86. The number of methoxy groups -OCH3 is 2. The molecule has 6 heteroatoms. The van der Waals surface area contributed by atoms with E-state index in [1.807, 2.05) is 42.5 Å². The lowest BCUT2D eigenvalue weighted by molar-refractivity contribution is 0.0955. The number of ether oxygens (including phenoxy) is 2. The van der Waals surface area contributed by atoms with Crippen molar-refractivity contribution in [2.75, 3.05) is 14.2 Å². The smallest absolute Gasteiger partial charge is 0.271 e. The molecule has 0 aliphatic heterocycles. The first-order valence-corrected chi connectivity index (χ1v) is 8.65. The van der Waals surface area contributed by atoms with Crippen LogP contribution in [0.1, 0.15) is 15.9 Å². The highest BCUT2D eigenvalue weighted by Crippen LogP contribution is 2.35. The molecule has 132 valence electrons. The van der Waals surface area contributed by atoms with Crippen molar-refractivity contribution in [2.45, 2.75) is 0 Å². The topological polar surface area (TPSA) is 59.9 Å². The van der Waals surface area contributed by atoms with Crippen LogP contribution in [0.5, 0.6) is 11.5 Å². The van der Waals surface area contributed by atoms with Crippen molar-refractivity contribution in [2.24, 2.45) is 5.10 Å². The second-order valence-corrected chi connectivity index (χ2v) is 6.35. The number of carbonyl (C=O) groups excluding carboxylic acids is 1. The summed E-state index contributed by atoms with van der Waals surface area (Å²) in [6.07, 6.45) is 1.55. The summed E-state index contributed by atoms with van der Waals surface area (Å²) in [4.78, 5) is 12.3. The summed E-state index contributed by atoms with van der Waals surface area (Å²) in [5.41, 5.74) is 3.85. The Kier molecular flexibility index (Phi) is 5.53. The van der Waals surface area contributed by atoms with Crippen LogP contribution in [0.4, 0.5) is 0 Å². The molecule has 0 aromatic heterocycles. The van der Waals surface area contributed by atoms with E-state index in [9.17, 15) is 4.79 Å². The monoisotopic (exact) mass is 412 g/mol. The minimum Gasteiger partial charge on any atom is -0.493 e. The van der Waals surface area contributed by atoms with Gasteiger partial charge in [0.05, 0.1) is 24.9 Å². The van der Waals surface area contributed by atoms with E-state index in [2.05, 4.69) is 26.5 Å². The third-order valence-electron chi connectivity index (χ3n) is 3.85. The predicted molar refractivity (Wildman–Crippen MR) is 106 cm³/mol. The molecule has 1 N–H and O–H groups in total. The molecule has 26 heavy (non-hydrogen) atoms. The summed E-state index contributed by atoms with van der Waals surface area (Å²) >= 11 is 3.43. The van der Waals surface area contributed by atoms with Gasteiger partial charge in [-0.15, -0.1) is 0 Å². The Bertz CT molecular complexity index is 986. The van der Waals surface area contributed by atoms with E-state index >= 15 is 0 Å². The zero-order valence-electron chi connectivity index (χ0n) is 14.3. The standard InChI is InChI=1S/C20H17BrN2O3/c1-25-18-10-13(9-17(21)19(18)26-2)12-22-23-20(24)16-8-7-14-5-3-4-6-15(14)11-16/h3-12H,1-2H3,(H,23,24)/b22-12-. The van der Waals surface area contributed by atoms with Gasteiger partial charge in [0.1, 0.15) is 0 Å². The molecule has 3 rings (SSSR count). The second kappa shape index (κ2) is 8.01. The van der Waals surface area contributed by atoms with Gasteiger partial charge in [-0.1, -0.05) is 30.3 Å². The number of fused-ring (bicyclic) bond motifs is 1.